The van der Waals surface area contributed by atoms with Gasteiger partial charge in [0.1, 0.15) is 6.07 Å². The highest BCUT2D eigenvalue weighted by Crippen LogP contribution is 2.28. The van der Waals surface area contributed by atoms with Crippen molar-refractivity contribution in [1.29, 1.82) is 5.26 Å². The number of carbonyl (C=O) groups excluding carboxylic acids is 1. The van der Waals surface area contributed by atoms with E-state index in [0.29, 0.717) is 6.61 Å². The van der Waals surface area contributed by atoms with Crippen molar-refractivity contribution in [2.75, 3.05) is 39.3 Å². The molecule has 1 aliphatic carbocycles. The number of hydrogen-bond donors (Lipinski definition) is 1. The highest BCUT2D eigenvalue weighted by Gasteiger charge is 2.28. The Kier molecular flexibility index (Phi) is 7.21. The summed E-state index contributed by atoms with van der Waals surface area (Å²) in [5.74, 6) is 0.199. The fraction of sp³-hybridized carbons (Fsp3) is 0.478. The van der Waals surface area contributed by atoms with Gasteiger partial charge in [0.15, 0.2) is 5.60 Å². The van der Waals surface area contributed by atoms with Gasteiger partial charge in [-0.15, -0.1) is 0 Å². The smallest absolute Gasteiger partial charge is 0.239 e. The quantitative estimate of drug-likeness (QED) is 0.565. The zero-order valence-corrected chi connectivity index (χ0v) is 17.0. The Bertz CT molecular complexity index is 760. The molecule has 0 aromatic heterocycles. The van der Waals surface area contributed by atoms with Crippen LogP contribution in [0.2, 0.25) is 0 Å². The summed E-state index contributed by atoms with van der Waals surface area (Å²) >= 11 is 0. The lowest BCUT2D eigenvalue weighted by molar-refractivity contribution is -0.134. The molecule has 2 N–H and O–H groups in total. The average molecular weight is 395 g/mol. The second kappa shape index (κ2) is 9.84. The lowest BCUT2D eigenvalue weighted by atomic mass is 9.89. The number of hydrogen-bond acceptors (Lipinski definition) is 5. The van der Waals surface area contributed by atoms with Gasteiger partial charge in [0, 0.05) is 38.6 Å². The van der Waals surface area contributed by atoms with Crippen molar-refractivity contribution in [2.24, 2.45) is 5.73 Å². The molecule has 2 aliphatic rings. The summed E-state index contributed by atoms with van der Waals surface area (Å²) in [5, 5.41) is 9.64. The topological polar surface area (TPSA) is 82.6 Å². The molecule has 0 spiro atoms. The maximum atomic E-state index is 11.9. The largest absolute Gasteiger partial charge is 0.353 e. The van der Waals surface area contributed by atoms with Gasteiger partial charge in [-0.05, 0) is 31.1 Å². The predicted molar refractivity (Wildman–Crippen MR) is 113 cm³/mol. The summed E-state index contributed by atoms with van der Waals surface area (Å²) in [4.78, 5) is 16.1. The molecule has 0 unspecified atom stereocenters. The molecule has 0 radical (unpaired) electrons. The van der Waals surface area contributed by atoms with E-state index >= 15 is 0 Å². The second-order valence-electron chi connectivity index (χ2n) is 7.72. The van der Waals surface area contributed by atoms with Crippen LogP contribution < -0.4 is 5.73 Å². The third-order valence-electron chi connectivity index (χ3n) is 5.49. The third kappa shape index (κ3) is 5.54. The zero-order chi connectivity index (χ0) is 20.7. The molecule has 1 heterocycles. The van der Waals surface area contributed by atoms with Gasteiger partial charge < -0.3 is 15.4 Å². The van der Waals surface area contributed by atoms with Crippen LogP contribution in [0.25, 0.3) is 0 Å². The standard InChI is InChI=1S/C23H30N4O2/c1-19(25)22(28)27-15-13-26(14-16-27)12-5-17-29-23(18-24)10-8-21(9-11-23)20-6-3-2-4-7-20/h2-4,6-11,19,21H,5,12-17,25H2,1H3/t19-,21?,23?/m1/s1. The van der Waals surface area contributed by atoms with E-state index < -0.39 is 11.6 Å². The van der Waals surface area contributed by atoms with Gasteiger partial charge in [0.2, 0.25) is 5.91 Å². The van der Waals surface area contributed by atoms with E-state index in [9.17, 15) is 10.1 Å². The molecule has 3 rings (SSSR count). The van der Waals surface area contributed by atoms with Crippen molar-refractivity contribution >= 4 is 5.91 Å². The van der Waals surface area contributed by atoms with Gasteiger partial charge in [0.05, 0.1) is 12.6 Å². The number of ether oxygens (including phenoxy) is 1. The SMILES string of the molecule is C[C@@H](N)C(=O)N1CCN(CCCOC2(C#N)C=CC(c3ccccc3)C=C2)CC1. The van der Waals surface area contributed by atoms with Crippen molar-refractivity contribution in [3.05, 3.63) is 60.2 Å². The lowest BCUT2D eigenvalue weighted by Gasteiger charge is -2.35. The number of amides is 1. The van der Waals surface area contributed by atoms with Crippen LogP contribution in [-0.2, 0) is 9.53 Å². The monoisotopic (exact) mass is 394 g/mol. The average Bonchev–Trinajstić information content (AvgIpc) is 2.77. The fourth-order valence-corrected chi connectivity index (χ4v) is 3.72. The zero-order valence-electron chi connectivity index (χ0n) is 17.0. The molecule has 1 saturated heterocycles. The van der Waals surface area contributed by atoms with E-state index in [1.165, 1.54) is 5.56 Å². The summed E-state index contributed by atoms with van der Waals surface area (Å²) < 4.78 is 5.94. The van der Waals surface area contributed by atoms with Gasteiger partial charge >= 0.3 is 0 Å². The fourth-order valence-electron chi connectivity index (χ4n) is 3.72. The van der Waals surface area contributed by atoms with Gasteiger partial charge in [0.25, 0.3) is 0 Å². The third-order valence-corrected chi connectivity index (χ3v) is 5.49. The van der Waals surface area contributed by atoms with E-state index in [1.54, 1.807) is 6.92 Å². The normalized spacial score (nSPS) is 25.6. The van der Waals surface area contributed by atoms with Gasteiger partial charge in [-0.1, -0.05) is 42.5 Å². The Morgan fingerprint density at radius 2 is 1.90 bits per heavy atom. The Morgan fingerprint density at radius 1 is 1.24 bits per heavy atom. The van der Waals surface area contributed by atoms with Crippen LogP contribution in [0.4, 0.5) is 0 Å². The van der Waals surface area contributed by atoms with Crippen molar-refractivity contribution in [3.8, 4) is 6.07 Å². The van der Waals surface area contributed by atoms with Crippen molar-refractivity contribution in [3.63, 3.8) is 0 Å². The molecule has 6 nitrogen and oxygen atoms in total. The first kappa shape index (κ1) is 21.3. The van der Waals surface area contributed by atoms with Gasteiger partial charge in [-0.25, -0.2) is 0 Å². The minimum atomic E-state index is -0.979. The van der Waals surface area contributed by atoms with Crippen LogP contribution in [0.1, 0.15) is 24.8 Å². The molecule has 1 aromatic rings. The van der Waals surface area contributed by atoms with Gasteiger partial charge in [-0.2, -0.15) is 5.26 Å². The first-order chi connectivity index (χ1) is 14.0. The van der Waals surface area contributed by atoms with Crippen molar-refractivity contribution in [1.82, 2.24) is 9.80 Å². The molecule has 1 amide bonds. The molecular weight excluding hydrogens is 364 g/mol. The molecule has 1 aliphatic heterocycles. The Labute approximate surface area is 173 Å². The molecule has 1 atom stereocenters. The van der Waals surface area contributed by atoms with Crippen LogP contribution in [0, 0.1) is 11.3 Å². The number of nitrogens with two attached hydrogens (primary N) is 1. The summed E-state index contributed by atoms with van der Waals surface area (Å²) in [7, 11) is 0. The van der Waals surface area contributed by atoms with Crippen LogP contribution in [0.3, 0.4) is 0 Å². The number of rotatable bonds is 7. The highest BCUT2D eigenvalue weighted by molar-refractivity contribution is 5.81. The molecule has 29 heavy (non-hydrogen) atoms. The molecule has 1 aromatic carbocycles. The highest BCUT2D eigenvalue weighted by atomic mass is 16.5. The molecule has 0 saturated carbocycles. The predicted octanol–water partition coefficient (Wildman–Crippen LogP) is 2.06. The van der Waals surface area contributed by atoms with E-state index in [2.05, 4.69) is 23.1 Å². The molecule has 0 bridgehead atoms. The summed E-state index contributed by atoms with van der Waals surface area (Å²) in [6.07, 6.45) is 8.64. The molecular formula is C23H30N4O2. The lowest BCUT2D eigenvalue weighted by Crippen LogP contribution is -2.52. The Morgan fingerprint density at radius 3 is 2.48 bits per heavy atom. The van der Waals surface area contributed by atoms with Crippen molar-refractivity contribution < 1.29 is 9.53 Å². The van der Waals surface area contributed by atoms with Crippen molar-refractivity contribution in [2.45, 2.75) is 30.9 Å². The van der Waals surface area contributed by atoms with Gasteiger partial charge in [-0.3, -0.25) is 9.69 Å². The van der Waals surface area contributed by atoms with E-state index in [1.807, 2.05) is 47.4 Å². The number of nitriles is 1. The minimum Gasteiger partial charge on any atom is -0.353 e. The molecule has 1 fully saturated rings. The number of carbonyl (C=O) groups is 1. The summed E-state index contributed by atoms with van der Waals surface area (Å²) in [6, 6.07) is 12.1. The molecule has 6 heteroatoms. The van der Waals surface area contributed by atoms with Crippen LogP contribution in [-0.4, -0.2) is 66.7 Å². The van der Waals surface area contributed by atoms with Crippen LogP contribution in [0.15, 0.2) is 54.6 Å². The maximum absolute atomic E-state index is 11.9. The second-order valence-corrected chi connectivity index (χ2v) is 7.72. The molecule has 154 valence electrons. The van der Waals surface area contributed by atoms with E-state index in [-0.39, 0.29) is 11.8 Å². The van der Waals surface area contributed by atoms with Crippen LogP contribution >= 0.6 is 0 Å². The Hall–Kier alpha value is -2.46. The maximum Gasteiger partial charge on any atom is 0.239 e. The number of benzene rings is 1. The number of nitrogens with zero attached hydrogens (tertiary/aromatic N) is 3. The summed E-state index contributed by atoms with van der Waals surface area (Å²) in [6.45, 7) is 6.26. The first-order valence-corrected chi connectivity index (χ1v) is 10.3. The van der Waals surface area contributed by atoms with Crippen LogP contribution in [0.5, 0.6) is 0 Å². The first-order valence-electron chi connectivity index (χ1n) is 10.3. The number of piperazine rings is 1. The minimum absolute atomic E-state index is 0.0219. The Balaban J connectivity index is 1.41. The van der Waals surface area contributed by atoms with E-state index in [4.69, 9.17) is 10.5 Å². The number of allylic oxidation sites excluding steroid dienone is 2. The van der Waals surface area contributed by atoms with E-state index in [0.717, 1.165) is 39.1 Å². The summed E-state index contributed by atoms with van der Waals surface area (Å²) in [5.41, 5.74) is 5.90.